The van der Waals surface area contributed by atoms with E-state index in [0.717, 1.165) is 0 Å². The summed E-state index contributed by atoms with van der Waals surface area (Å²) in [6.07, 6.45) is 0. The topological polar surface area (TPSA) is 80.3 Å². The van der Waals surface area contributed by atoms with E-state index in [4.69, 9.17) is 4.74 Å². The SMILES string of the molecule is CCOc1ccccc1NC(=O)c1cccc(C(=O)Nc2ccccc2)n1. The van der Waals surface area contributed by atoms with E-state index in [1.807, 2.05) is 31.2 Å². The number of pyridine rings is 1. The second kappa shape index (κ2) is 8.62. The number of hydrogen-bond donors (Lipinski definition) is 2. The standard InChI is InChI=1S/C21H19N3O3/c1-2-27-19-14-7-6-11-16(19)24-21(26)18-13-8-12-17(23-18)20(25)22-15-9-4-3-5-10-15/h3-14H,2H2,1H3,(H,22,25)(H,24,26). The molecule has 6 nitrogen and oxygen atoms in total. The van der Waals surface area contributed by atoms with Gasteiger partial charge in [0, 0.05) is 5.69 Å². The van der Waals surface area contributed by atoms with E-state index >= 15 is 0 Å². The van der Waals surface area contributed by atoms with Crippen LogP contribution in [0.1, 0.15) is 27.9 Å². The lowest BCUT2D eigenvalue weighted by Crippen LogP contribution is -2.18. The number of nitrogens with one attached hydrogen (secondary N) is 2. The predicted molar refractivity (Wildman–Crippen MR) is 104 cm³/mol. The fraction of sp³-hybridized carbons (Fsp3) is 0.0952. The lowest BCUT2D eigenvalue weighted by Gasteiger charge is -2.11. The first kappa shape index (κ1) is 18.1. The highest BCUT2D eigenvalue weighted by molar-refractivity contribution is 6.06. The van der Waals surface area contributed by atoms with Crippen LogP contribution in [-0.4, -0.2) is 23.4 Å². The molecule has 0 fully saturated rings. The second-order valence-corrected chi connectivity index (χ2v) is 5.61. The number of amides is 2. The van der Waals surface area contributed by atoms with Crippen molar-refractivity contribution in [3.05, 3.63) is 84.2 Å². The molecule has 1 heterocycles. The lowest BCUT2D eigenvalue weighted by atomic mass is 10.2. The zero-order valence-electron chi connectivity index (χ0n) is 14.8. The highest BCUT2D eigenvalue weighted by Crippen LogP contribution is 2.24. The van der Waals surface area contributed by atoms with Crippen molar-refractivity contribution in [1.29, 1.82) is 0 Å². The van der Waals surface area contributed by atoms with E-state index in [2.05, 4.69) is 15.6 Å². The largest absolute Gasteiger partial charge is 0.492 e. The van der Waals surface area contributed by atoms with Crippen molar-refractivity contribution in [3.8, 4) is 5.75 Å². The predicted octanol–water partition coefficient (Wildman–Crippen LogP) is 3.98. The van der Waals surface area contributed by atoms with Crippen molar-refractivity contribution >= 4 is 23.2 Å². The van der Waals surface area contributed by atoms with Gasteiger partial charge in [0.25, 0.3) is 11.8 Å². The number of carbonyl (C=O) groups excluding carboxylic acids is 2. The van der Waals surface area contributed by atoms with Crippen LogP contribution in [0.15, 0.2) is 72.8 Å². The van der Waals surface area contributed by atoms with Gasteiger partial charge in [-0.15, -0.1) is 0 Å². The minimum atomic E-state index is -0.420. The molecule has 0 bridgehead atoms. The van der Waals surface area contributed by atoms with Crippen LogP contribution < -0.4 is 15.4 Å². The van der Waals surface area contributed by atoms with Gasteiger partial charge in [0.05, 0.1) is 12.3 Å². The Kier molecular flexibility index (Phi) is 5.79. The minimum Gasteiger partial charge on any atom is -0.492 e. The quantitative estimate of drug-likeness (QED) is 0.696. The van der Waals surface area contributed by atoms with Crippen LogP contribution in [0.5, 0.6) is 5.75 Å². The van der Waals surface area contributed by atoms with E-state index in [9.17, 15) is 9.59 Å². The monoisotopic (exact) mass is 361 g/mol. The van der Waals surface area contributed by atoms with Gasteiger partial charge in [-0.05, 0) is 43.3 Å². The van der Waals surface area contributed by atoms with Crippen LogP contribution >= 0.6 is 0 Å². The highest BCUT2D eigenvalue weighted by atomic mass is 16.5. The van der Waals surface area contributed by atoms with Crippen LogP contribution in [0.25, 0.3) is 0 Å². The maximum absolute atomic E-state index is 12.5. The number of rotatable bonds is 6. The number of hydrogen-bond acceptors (Lipinski definition) is 4. The first-order valence-electron chi connectivity index (χ1n) is 8.54. The molecule has 136 valence electrons. The van der Waals surface area contributed by atoms with Crippen molar-refractivity contribution in [1.82, 2.24) is 4.98 Å². The highest BCUT2D eigenvalue weighted by Gasteiger charge is 2.14. The third-order valence-electron chi connectivity index (χ3n) is 3.68. The van der Waals surface area contributed by atoms with Crippen LogP contribution in [0.4, 0.5) is 11.4 Å². The summed E-state index contributed by atoms with van der Waals surface area (Å²) < 4.78 is 5.50. The Morgan fingerprint density at radius 2 is 1.44 bits per heavy atom. The lowest BCUT2D eigenvalue weighted by molar-refractivity contribution is 0.101. The fourth-order valence-corrected chi connectivity index (χ4v) is 2.44. The number of para-hydroxylation sites is 3. The van der Waals surface area contributed by atoms with Crippen molar-refractivity contribution in [3.63, 3.8) is 0 Å². The second-order valence-electron chi connectivity index (χ2n) is 5.61. The summed E-state index contributed by atoms with van der Waals surface area (Å²) in [6, 6.07) is 20.9. The summed E-state index contributed by atoms with van der Waals surface area (Å²) >= 11 is 0. The van der Waals surface area contributed by atoms with Gasteiger partial charge in [-0.2, -0.15) is 0 Å². The average molecular weight is 361 g/mol. The molecule has 0 radical (unpaired) electrons. The average Bonchev–Trinajstić information content (AvgIpc) is 2.70. The Balaban J connectivity index is 1.75. The molecule has 0 aliphatic carbocycles. The first-order valence-corrected chi connectivity index (χ1v) is 8.54. The maximum Gasteiger partial charge on any atom is 0.274 e. The zero-order valence-corrected chi connectivity index (χ0v) is 14.8. The van der Waals surface area contributed by atoms with Gasteiger partial charge in [-0.1, -0.05) is 36.4 Å². The van der Waals surface area contributed by atoms with Gasteiger partial charge in [-0.3, -0.25) is 9.59 Å². The fourth-order valence-electron chi connectivity index (χ4n) is 2.44. The van der Waals surface area contributed by atoms with Crippen molar-refractivity contribution in [2.45, 2.75) is 6.92 Å². The van der Waals surface area contributed by atoms with Gasteiger partial charge < -0.3 is 15.4 Å². The van der Waals surface area contributed by atoms with E-state index in [1.165, 1.54) is 0 Å². The molecule has 1 aromatic heterocycles. The van der Waals surface area contributed by atoms with Crippen LogP contribution in [0.3, 0.4) is 0 Å². The molecule has 0 saturated carbocycles. The Bertz CT molecular complexity index is 942. The summed E-state index contributed by atoms with van der Waals surface area (Å²) in [5.41, 5.74) is 1.50. The van der Waals surface area contributed by atoms with E-state index in [0.29, 0.717) is 23.7 Å². The van der Waals surface area contributed by atoms with Gasteiger partial charge in [0.1, 0.15) is 17.1 Å². The molecule has 0 aliphatic rings. The van der Waals surface area contributed by atoms with Crippen molar-refractivity contribution in [2.24, 2.45) is 0 Å². The first-order chi connectivity index (χ1) is 13.2. The van der Waals surface area contributed by atoms with Gasteiger partial charge in [-0.25, -0.2) is 4.98 Å². The molecule has 3 rings (SSSR count). The normalized spacial score (nSPS) is 10.1. The molecule has 0 atom stereocenters. The maximum atomic E-state index is 12.5. The molecule has 0 aliphatic heterocycles. The Hall–Kier alpha value is -3.67. The van der Waals surface area contributed by atoms with Crippen LogP contribution in [0.2, 0.25) is 0 Å². The molecule has 2 aromatic carbocycles. The van der Waals surface area contributed by atoms with Crippen molar-refractivity contribution < 1.29 is 14.3 Å². The molecule has 6 heteroatoms. The third-order valence-corrected chi connectivity index (χ3v) is 3.68. The Morgan fingerprint density at radius 1 is 0.815 bits per heavy atom. The number of nitrogens with zero attached hydrogens (tertiary/aromatic N) is 1. The number of carbonyl (C=O) groups is 2. The summed E-state index contributed by atoms with van der Waals surface area (Å²) in [4.78, 5) is 29.1. The Morgan fingerprint density at radius 3 is 2.15 bits per heavy atom. The molecule has 3 aromatic rings. The van der Waals surface area contributed by atoms with Crippen LogP contribution in [0, 0.1) is 0 Å². The molecule has 2 N–H and O–H groups in total. The molecule has 27 heavy (non-hydrogen) atoms. The van der Waals surface area contributed by atoms with Crippen molar-refractivity contribution in [2.75, 3.05) is 17.2 Å². The molecular formula is C21H19N3O3. The number of benzene rings is 2. The zero-order chi connectivity index (χ0) is 19.1. The summed E-state index contributed by atoms with van der Waals surface area (Å²) in [6.45, 7) is 2.36. The number of anilines is 2. The van der Waals surface area contributed by atoms with E-state index < -0.39 is 5.91 Å². The smallest absolute Gasteiger partial charge is 0.274 e. The summed E-state index contributed by atoms with van der Waals surface area (Å²) in [7, 11) is 0. The van der Waals surface area contributed by atoms with Gasteiger partial charge in [0.2, 0.25) is 0 Å². The van der Waals surface area contributed by atoms with E-state index in [1.54, 1.807) is 48.5 Å². The Labute approximate surface area is 157 Å². The minimum absolute atomic E-state index is 0.141. The summed E-state index contributed by atoms with van der Waals surface area (Å²) in [5.74, 6) is -0.228. The van der Waals surface area contributed by atoms with E-state index in [-0.39, 0.29) is 17.3 Å². The molecule has 2 amide bonds. The molecule has 0 spiro atoms. The van der Waals surface area contributed by atoms with Gasteiger partial charge >= 0.3 is 0 Å². The third kappa shape index (κ3) is 4.70. The molecule has 0 unspecified atom stereocenters. The molecule has 0 saturated heterocycles. The number of aromatic nitrogens is 1. The molecular weight excluding hydrogens is 342 g/mol. The van der Waals surface area contributed by atoms with Gasteiger partial charge in [0.15, 0.2) is 0 Å². The summed E-state index contributed by atoms with van der Waals surface area (Å²) in [5, 5.41) is 5.52. The number of ether oxygens (including phenoxy) is 1. The van der Waals surface area contributed by atoms with Crippen LogP contribution in [-0.2, 0) is 0 Å².